The second-order valence-corrected chi connectivity index (χ2v) is 5.32. The van der Waals surface area contributed by atoms with E-state index in [0.29, 0.717) is 5.69 Å². The molecule has 0 radical (unpaired) electrons. The van der Waals surface area contributed by atoms with Gasteiger partial charge in [0.05, 0.1) is 4.92 Å². The van der Waals surface area contributed by atoms with Gasteiger partial charge in [0, 0.05) is 29.0 Å². The van der Waals surface area contributed by atoms with Crippen molar-refractivity contribution in [1.82, 2.24) is 0 Å². The lowest BCUT2D eigenvalue weighted by Gasteiger charge is -2.35. The summed E-state index contributed by atoms with van der Waals surface area (Å²) in [5.74, 6) is 0. The maximum atomic E-state index is 10.8. The SMILES string of the molecule is CC1(Nc2cc(N)cc([N+](=O)[O-])c2)CCCCC1. The first-order valence-electron chi connectivity index (χ1n) is 6.32. The fourth-order valence-corrected chi connectivity index (χ4v) is 2.62. The molecule has 0 unspecified atom stereocenters. The van der Waals surface area contributed by atoms with Crippen LogP contribution in [-0.4, -0.2) is 10.5 Å². The summed E-state index contributed by atoms with van der Waals surface area (Å²) >= 11 is 0. The molecule has 1 aromatic rings. The van der Waals surface area contributed by atoms with E-state index in [1.165, 1.54) is 25.3 Å². The second kappa shape index (κ2) is 4.84. The highest BCUT2D eigenvalue weighted by Gasteiger charge is 2.26. The summed E-state index contributed by atoms with van der Waals surface area (Å²) in [4.78, 5) is 10.4. The van der Waals surface area contributed by atoms with Gasteiger partial charge in [-0.2, -0.15) is 0 Å². The summed E-state index contributed by atoms with van der Waals surface area (Å²) in [7, 11) is 0. The quantitative estimate of drug-likeness (QED) is 0.489. The van der Waals surface area contributed by atoms with E-state index in [2.05, 4.69) is 12.2 Å². The molecule has 0 aliphatic heterocycles. The second-order valence-electron chi connectivity index (χ2n) is 5.32. The Morgan fingerprint density at radius 1 is 1.28 bits per heavy atom. The third-order valence-corrected chi connectivity index (χ3v) is 3.55. The van der Waals surface area contributed by atoms with Crippen LogP contribution in [0.3, 0.4) is 0 Å². The van der Waals surface area contributed by atoms with E-state index in [4.69, 9.17) is 5.73 Å². The summed E-state index contributed by atoms with van der Waals surface area (Å²) in [6.07, 6.45) is 5.86. The van der Waals surface area contributed by atoms with Gasteiger partial charge in [-0.3, -0.25) is 10.1 Å². The minimum absolute atomic E-state index is 0.0277. The zero-order valence-corrected chi connectivity index (χ0v) is 10.6. The minimum Gasteiger partial charge on any atom is -0.398 e. The van der Waals surface area contributed by atoms with Gasteiger partial charge in [-0.05, 0) is 25.8 Å². The number of nitro benzene ring substituents is 1. The third-order valence-electron chi connectivity index (χ3n) is 3.55. The topological polar surface area (TPSA) is 81.2 Å². The van der Waals surface area contributed by atoms with Crippen molar-refractivity contribution >= 4 is 17.1 Å². The normalized spacial score (nSPS) is 18.3. The number of non-ortho nitro benzene ring substituents is 1. The molecule has 0 heterocycles. The van der Waals surface area contributed by atoms with Gasteiger partial charge in [-0.25, -0.2) is 0 Å². The molecule has 0 amide bonds. The summed E-state index contributed by atoms with van der Waals surface area (Å²) in [6, 6.07) is 4.69. The summed E-state index contributed by atoms with van der Waals surface area (Å²) < 4.78 is 0. The van der Waals surface area contributed by atoms with Gasteiger partial charge in [-0.15, -0.1) is 0 Å². The molecule has 1 fully saturated rings. The molecule has 1 aliphatic carbocycles. The van der Waals surface area contributed by atoms with Crippen molar-refractivity contribution in [3.05, 3.63) is 28.3 Å². The Kier molecular flexibility index (Phi) is 3.41. The first kappa shape index (κ1) is 12.7. The molecule has 0 aromatic heterocycles. The molecule has 5 nitrogen and oxygen atoms in total. The van der Waals surface area contributed by atoms with Crippen LogP contribution in [0.25, 0.3) is 0 Å². The van der Waals surface area contributed by atoms with E-state index in [9.17, 15) is 10.1 Å². The van der Waals surface area contributed by atoms with E-state index in [1.807, 2.05) is 0 Å². The fourth-order valence-electron chi connectivity index (χ4n) is 2.62. The Labute approximate surface area is 107 Å². The van der Waals surface area contributed by atoms with Gasteiger partial charge in [0.2, 0.25) is 0 Å². The van der Waals surface area contributed by atoms with Crippen LogP contribution in [0.5, 0.6) is 0 Å². The molecule has 3 N–H and O–H groups in total. The predicted molar refractivity (Wildman–Crippen MR) is 72.6 cm³/mol. The van der Waals surface area contributed by atoms with Gasteiger partial charge in [0.25, 0.3) is 5.69 Å². The molecule has 1 aliphatic rings. The van der Waals surface area contributed by atoms with E-state index in [0.717, 1.165) is 18.5 Å². The number of nitro groups is 1. The number of rotatable bonds is 3. The predicted octanol–water partition coefficient (Wildman–Crippen LogP) is 3.31. The van der Waals surface area contributed by atoms with Crippen LogP contribution < -0.4 is 11.1 Å². The van der Waals surface area contributed by atoms with Crippen molar-refractivity contribution in [1.29, 1.82) is 0 Å². The number of benzene rings is 1. The zero-order chi connectivity index (χ0) is 13.2. The first-order chi connectivity index (χ1) is 8.48. The van der Waals surface area contributed by atoms with E-state index < -0.39 is 4.92 Å². The van der Waals surface area contributed by atoms with Crippen molar-refractivity contribution in [3.8, 4) is 0 Å². The monoisotopic (exact) mass is 249 g/mol. The number of nitrogens with two attached hydrogens (primary N) is 1. The molecular weight excluding hydrogens is 230 g/mol. The molecule has 0 saturated heterocycles. The lowest BCUT2D eigenvalue weighted by molar-refractivity contribution is -0.384. The highest BCUT2D eigenvalue weighted by molar-refractivity contribution is 5.62. The average Bonchev–Trinajstić information content (AvgIpc) is 2.28. The van der Waals surface area contributed by atoms with Gasteiger partial charge < -0.3 is 11.1 Å². The van der Waals surface area contributed by atoms with E-state index in [1.54, 1.807) is 12.1 Å². The van der Waals surface area contributed by atoms with Crippen molar-refractivity contribution in [3.63, 3.8) is 0 Å². The molecular formula is C13H19N3O2. The number of nitrogen functional groups attached to an aromatic ring is 1. The maximum Gasteiger partial charge on any atom is 0.273 e. The minimum atomic E-state index is -0.412. The molecule has 2 rings (SSSR count). The van der Waals surface area contributed by atoms with Crippen LogP contribution in [-0.2, 0) is 0 Å². The van der Waals surface area contributed by atoms with Gasteiger partial charge in [-0.1, -0.05) is 19.3 Å². The smallest absolute Gasteiger partial charge is 0.273 e. The van der Waals surface area contributed by atoms with Gasteiger partial charge in [0.15, 0.2) is 0 Å². The molecule has 0 bridgehead atoms. The molecule has 0 atom stereocenters. The highest BCUT2D eigenvalue weighted by atomic mass is 16.6. The Morgan fingerprint density at radius 2 is 1.94 bits per heavy atom. The number of hydrogen-bond donors (Lipinski definition) is 2. The van der Waals surface area contributed by atoms with E-state index >= 15 is 0 Å². The summed E-state index contributed by atoms with van der Waals surface area (Å²) in [5.41, 5.74) is 6.93. The van der Waals surface area contributed by atoms with Crippen molar-refractivity contribution < 1.29 is 4.92 Å². The molecule has 0 spiro atoms. The van der Waals surface area contributed by atoms with Crippen LogP contribution >= 0.6 is 0 Å². The summed E-state index contributed by atoms with van der Waals surface area (Å²) in [5, 5.41) is 14.2. The highest BCUT2D eigenvalue weighted by Crippen LogP contribution is 2.33. The maximum absolute atomic E-state index is 10.8. The van der Waals surface area contributed by atoms with Crippen LogP contribution in [0, 0.1) is 10.1 Å². The lowest BCUT2D eigenvalue weighted by Crippen LogP contribution is -2.36. The number of anilines is 2. The third kappa shape index (κ3) is 2.91. The summed E-state index contributed by atoms with van der Waals surface area (Å²) in [6.45, 7) is 2.17. The number of nitrogens with zero attached hydrogens (tertiary/aromatic N) is 1. The fraction of sp³-hybridized carbons (Fsp3) is 0.538. The molecule has 18 heavy (non-hydrogen) atoms. The van der Waals surface area contributed by atoms with E-state index in [-0.39, 0.29) is 11.2 Å². The van der Waals surface area contributed by atoms with Gasteiger partial charge >= 0.3 is 0 Å². The Morgan fingerprint density at radius 3 is 2.56 bits per heavy atom. The van der Waals surface area contributed by atoms with Crippen LogP contribution in [0.15, 0.2) is 18.2 Å². The first-order valence-corrected chi connectivity index (χ1v) is 6.32. The molecule has 1 saturated carbocycles. The largest absolute Gasteiger partial charge is 0.398 e. The number of nitrogens with one attached hydrogen (secondary N) is 1. The Hall–Kier alpha value is -1.78. The lowest BCUT2D eigenvalue weighted by atomic mass is 9.83. The van der Waals surface area contributed by atoms with Gasteiger partial charge in [0.1, 0.15) is 0 Å². The average molecular weight is 249 g/mol. The molecule has 1 aromatic carbocycles. The van der Waals surface area contributed by atoms with Crippen LogP contribution in [0.4, 0.5) is 17.1 Å². The van der Waals surface area contributed by atoms with Crippen molar-refractivity contribution in [2.24, 2.45) is 0 Å². The van der Waals surface area contributed by atoms with Crippen LogP contribution in [0.1, 0.15) is 39.0 Å². The Balaban J connectivity index is 2.20. The number of hydrogen-bond acceptors (Lipinski definition) is 4. The molecule has 5 heteroatoms. The van der Waals surface area contributed by atoms with Crippen molar-refractivity contribution in [2.45, 2.75) is 44.6 Å². The Bertz CT molecular complexity index is 454. The zero-order valence-electron chi connectivity index (χ0n) is 10.6. The van der Waals surface area contributed by atoms with Crippen molar-refractivity contribution in [2.75, 3.05) is 11.1 Å². The standard InChI is InChI=1S/C13H19N3O2/c1-13(5-3-2-4-6-13)15-11-7-10(14)8-12(9-11)16(17)18/h7-9,15H,2-6,14H2,1H3. The van der Waals surface area contributed by atoms with Crippen LogP contribution in [0.2, 0.25) is 0 Å². The molecule has 98 valence electrons.